The van der Waals surface area contributed by atoms with E-state index in [1.807, 2.05) is 35.9 Å². The van der Waals surface area contributed by atoms with E-state index in [1.54, 1.807) is 30.1 Å². The molecule has 0 radical (unpaired) electrons. The average Bonchev–Trinajstić information content (AvgIpc) is 2.92. The van der Waals surface area contributed by atoms with Crippen molar-refractivity contribution < 1.29 is 9.69 Å². The molecule has 1 atom stereocenters. The molecule has 1 amide bonds. The van der Waals surface area contributed by atoms with Crippen LogP contribution in [0.1, 0.15) is 22.8 Å². The van der Waals surface area contributed by atoms with Crippen molar-refractivity contribution in [1.82, 2.24) is 15.1 Å². The van der Waals surface area contributed by atoms with Crippen LogP contribution >= 0.6 is 35.3 Å². The van der Waals surface area contributed by atoms with Gasteiger partial charge in [-0.25, -0.2) is 0 Å². The van der Waals surface area contributed by atoms with Crippen molar-refractivity contribution in [3.63, 3.8) is 0 Å². The van der Waals surface area contributed by atoms with E-state index >= 15 is 0 Å². The molecule has 0 spiro atoms. The zero-order valence-electron chi connectivity index (χ0n) is 14.7. The van der Waals surface area contributed by atoms with Gasteiger partial charge in [0, 0.05) is 23.9 Å². The van der Waals surface area contributed by atoms with Gasteiger partial charge in [-0.2, -0.15) is 4.68 Å². The second-order valence-electron chi connectivity index (χ2n) is 5.95. The zero-order chi connectivity index (χ0) is 18.4. The fourth-order valence-electron chi connectivity index (χ4n) is 2.21. The molecule has 5 nitrogen and oxygen atoms in total. The molecule has 0 aliphatic heterocycles. The predicted octanol–water partition coefficient (Wildman–Crippen LogP) is 2.37. The highest BCUT2D eigenvalue weighted by molar-refractivity contribution is 8.01. The van der Waals surface area contributed by atoms with E-state index < -0.39 is 0 Å². The SMILES string of the molecule is C=C(C)CSc1nn(C[NH+](C)Cc2ccc(C(=O)NC)cc2)c(=S)s1. The minimum atomic E-state index is -0.0687. The highest BCUT2D eigenvalue weighted by Crippen LogP contribution is 2.23. The molecule has 2 N–H and O–H groups in total. The van der Waals surface area contributed by atoms with Crippen LogP contribution in [0.2, 0.25) is 0 Å². The van der Waals surface area contributed by atoms with Crippen LogP contribution in [0.4, 0.5) is 0 Å². The maximum atomic E-state index is 11.6. The Kier molecular flexibility index (Phi) is 7.37. The van der Waals surface area contributed by atoms with Crippen molar-refractivity contribution in [2.45, 2.75) is 24.5 Å². The van der Waals surface area contributed by atoms with Crippen molar-refractivity contribution >= 4 is 41.2 Å². The van der Waals surface area contributed by atoms with Gasteiger partial charge in [-0.1, -0.05) is 47.4 Å². The minimum absolute atomic E-state index is 0.0687. The van der Waals surface area contributed by atoms with Crippen molar-refractivity contribution in [3.8, 4) is 0 Å². The Bertz CT molecular complexity index is 795. The van der Waals surface area contributed by atoms with Crippen LogP contribution in [0.15, 0.2) is 40.8 Å². The number of carbonyl (C=O) groups excluding carboxylic acids is 1. The molecule has 8 heteroatoms. The summed E-state index contributed by atoms with van der Waals surface area (Å²) >= 11 is 8.64. The third-order valence-electron chi connectivity index (χ3n) is 3.40. The van der Waals surface area contributed by atoms with E-state index in [4.69, 9.17) is 12.2 Å². The Hall–Kier alpha value is -1.48. The molecule has 0 aliphatic carbocycles. The summed E-state index contributed by atoms with van der Waals surface area (Å²) in [6.45, 7) is 7.47. The van der Waals surface area contributed by atoms with Crippen LogP contribution in [0, 0.1) is 3.95 Å². The van der Waals surface area contributed by atoms with E-state index in [1.165, 1.54) is 10.5 Å². The Morgan fingerprint density at radius 2 is 2.12 bits per heavy atom. The zero-order valence-corrected chi connectivity index (χ0v) is 17.1. The Morgan fingerprint density at radius 1 is 1.44 bits per heavy atom. The highest BCUT2D eigenvalue weighted by atomic mass is 32.2. The molecule has 0 saturated carbocycles. The number of aromatic nitrogens is 2. The Balaban J connectivity index is 1.95. The van der Waals surface area contributed by atoms with Gasteiger partial charge in [0.2, 0.25) is 0 Å². The van der Waals surface area contributed by atoms with Crippen LogP contribution < -0.4 is 10.2 Å². The van der Waals surface area contributed by atoms with E-state index in [0.717, 1.165) is 26.2 Å². The lowest BCUT2D eigenvalue weighted by Crippen LogP contribution is -3.07. The normalized spacial score (nSPS) is 12.0. The number of hydrogen-bond donors (Lipinski definition) is 2. The summed E-state index contributed by atoms with van der Waals surface area (Å²) in [5.74, 6) is 0.795. The van der Waals surface area contributed by atoms with Gasteiger partial charge in [-0.05, 0) is 31.3 Å². The molecule has 25 heavy (non-hydrogen) atoms. The summed E-state index contributed by atoms with van der Waals surface area (Å²) in [5, 5.41) is 7.22. The minimum Gasteiger partial charge on any atom is -0.355 e. The molecule has 0 fully saturated rings. The molecule has 1 unspecified atom stereocenters. The second-order valence-corrected chi connectivity index (χ2v) is 8.79. The summed E-state index contributed by atoms with van der Waals surface area (Å²) in [6.07, 6.45) is 0. The summed E-state index contributed by atoms with van der Waals surface area (Å²) < 4.78 is 3.66. The molecule has 0 aliphatic rings. The summed E-state index contributed by atoms with van der Waals surface area (Å²) in [4.78, 5) is 12.8. The lowest BCUT2D eigenvalue weighted by Gasteiger charge is -2.14. The molecule has 0 saturated heterocycles. The molecule has 1 heterocycles. The van der Waals surface area contributed by atoms with E-state index in [-0.39, 0.29) is 5.91 Å². The van der Waals surface area contributed by atoms with E-state index in [0.29, 0.717) is 12.2 Å². The van der Waals surface area contributed by atoms with Gasteiger partial charge in [0.25, 0.3) is 5.91 Å². The molecular formula is C17H23N4OS3+. The van der Waals surface area contributed by atoms with Gasteiger partial charge < -0.3 is 10.2 Å². The maximum absolute atomic E-state index is 11.6. The van der Waals surface area contributed by atoms with Crippen molar-refractivity contribution in [2.75, 3.05) is 19.8 Å². The first kappa shape index (κ1) is 19.8. The quantitative estimate of drug-likeness (QED) is 0.409. The van der Waals surface area contributed by atoms with Crippen LogP contribution in [0.5, 0.6) is 0 Å². The highest BCUT2D eigenvalue weighted by Gasteiger charge is 2.10. The molecule has 2 aromatic rings. The van der Waals surface area contributed by atoms with Crippen LogP contribution in [0.3, 0.4) is 0 Å². The lowest BCUT2D eigenvalue weighted by atomic mass is 10.1. The van der Waals surface area contributed by atoms with Crippen molar-refractivity contribution in [2.24, 2.45) is 0 Å². The third kappa shape index (κ3) is 6.07. The number of benzene rings is 1. The monoisotopic (exact) mass is 395 g/mol. The first-order chi connectivity index (χ1) is 11.9. The summed E-state index contributed by atoms with van der Waals surface area (Å²) in [7, 11) is 3.74. The predicted molar refractivity (Wildman–Crippen MR) is 107 cm³/mol. The summed E-state index contributed by atoms with van der Waals surface area (Å²) in [5.41, 5.74) is 2.97. The van der Waals surface area contributed by atoms with Gasteiger partial charge in [0.1, 0.15) is 6.54 Å². The first-order valence-corrected chi connectivity index (χ1v) is 10.1. The van der Waals surface area contributed by atoms with Gasteiger partial charge in [0.05, 0.1) is 7.05 Å². The number of hydrogen-bond acceptors (Lipinski definition) is 5. The van der Waals surface area contributed by atoms with E-state index in [9.17, 15) is 4.79 Å². The maximum Gasteiger partial charge on any atom is 0.251 e. The molecule has 1 aromatic heterocycles. The van der Waals surface area contributed by atoms with Gasteiger partial charge in [0.15, 0.2) is 15.0 Å². The number of amides is 1. The fraction of sp³-hybridized carbons (Fsp3) is 0.353. The number of nitrogens with zero attached hydrogens (tertiary/aromatic N) is 2. The standard InChI is InChI=1S/C17H22N4OS3/c1-12(2)10-24-16-19-21(17(23)25-16)11-20(4)9-13-5-7-14(8-6-13)15(22)18-3/h5-8H,1,9-11H2,2-4H3,(H,18,22)/p+1. The smallest absolute Gasteiger partial charge is 0.251 e. The average molecular weight is 396 g/mol. The number of rotatable bonds is 8. The molecule has 134 valence electrons. The lowest BCUT2D eigenvalue weighted by molar-refractivity contribution is -0.917. The Labute approximate surface area is 161 Å². The first-order valence-electron chi connectivity index (χ1n) is 7.86. The number of thioether (sulfide) groups is 1. The Morgan fingerprint density at radius 3 is 2.72 bits per heavy atom. The van der Waals surface area contributed by atoms with Crippen LogP contribution in [-0.2, 0) is 13.2 Å². The van der Waals surface area contributed by atoms with Gasteiger partial charge in [-0.15, -0.1) is 5.10 Å². The van der Waals surface area contributed by atoms with Gasteiger partial charge in [-0.3, -0.25) is 4.79 Å². The largest absolute Gasteiger partial charge is 0.355 e. The molecule has 2 rings (SSSR count). The number of quaternary nitrogens is 1. The van der Waals surface area contributed by atoms with Gasteiger partial charge >= 0.3 is 0 Å². The second kappa shape index (κ2) is 9.28. The van der Waals surface area contributed by atoms with Crippen LogP contribution in [-0.4, -0.2) is 35.5 Å². The third-order valence-corrected chi connectivity index (χ3v) is 6.07. The van der Waals surface area contributed by atoms with E-state index in [2.05, 4.69) is 24.0 Å². The van der Waals surface area contributed by atoms with Crippen molar-refractivity contribution in [1.29, 1.82) is 0 Å². The summed E-state index contributed by atoms with van der Waals surface area (Å²) in [6, 6.07) is 7.68. The number of carbonyl (C=O) groups is 1. The molecule has 1 aromatic carbocycles. The molecule has 0 bridgehead atoms. The topological polar surface area (TPSA) is 51.4 Å². The van der Waals surface area contributed by atoms with Crippen molar-refractivity contribution in [3.05, 3.63) is 51.5 Å². The number of nitrogens with one attached hydrogen (secondary N) is 2. The van der Waals surface area contributed by atoms with Crippen LogP contribution in [0.25, 0.3) is 0 Å². The molecular weight excluding hydrogens is 372 g/mol. The fourth-order valence-corrected chi connectivity index (χ4v) is 4.38.